The molecule has 1 N–H and O–H groups in total. The number of hydrogen-bond donors (Lipinski definition) is 1. The molecule has 9 heteroatoms. The molecule has 1 aliphatic heterocycles. The van der Waals surface area contributed by atoms with Crippen LogP contribution in [-0.4, -0.2) is 63.4 Å². The highest BCUT2D eigenvalue weighted by Crippen LogP contribution is 2.21. The lowest BCUT2D eigenvalue weighted by Gasteiger charge is -2.29. The first kappa shape index (κ1) is 24.8. The van der Waals surface area contributed by atoms with Gasteiger partial charge in [0, 0.05) is 51.9 Å². The summed E-state index contributed by atoms with van der Waals surface area (Å²) in [6.07, 6.45) is 0.0249. The second-order valence-corrected chi connectivity index (χ2v) is 7.97. The first-order valence-corrected chi connectivity index (χ1v) is 10.8. The molecule has 7 nitrogen and oxygen atoms in total. The zero-order valence-corrected chi connectivity index (χ0v) is 21.3. The Morgan fingerprint density at radius 3 is 2.67 bits per heavy atom. The molecule has 2 heterocycles. The average molecular weight is 545 g/mol. The fourth-order valence-electron chi connectivity index (χ4n) is 3.21. The van der Waals surface area contributed by atoms with Gasteiger partial charge in [-0.15, -0.1) is 35.3 Å². The van der Waals surface area contributed by atoms with Crippen molar-refractivity contribution >= 4 is 47.0 Å². The normalized spacial score (nSPS) is 15.5. The van der Waals surface area contributed by atoms with Crippen molar-refractivity contribution < 1.29 is 9.47 Å². The van der Waals surface area contributed by atoms with Crippen molar-refractivity contribution in [2.24, 2.45) is 4.99 Å². The summed E-state index contributed by atoms with van der Waals surface area (Å²) in [5, 5.41) is 6.52. The maximum absolute atomic E-state index is 5.43. The van der Waals surface area contributed by atoms with Crippen LogP contribution < -0.4 is 10.2 Å². The Balaban J connectivity index is 0.00000320. The number of rotatable bonds is 7. The number of anilines is 1. The van der Waals surface area contributed by atoms with Gasteiger partial charge >= 0.3 is 0 Å². The van der Waals surface area contributed by atoms with E-state index in [0.717, 1.165) is 49.5 Å². The van der Waals surface area contributed by atoms with Gasteiger partial charge in [-0.2, -0.15) is 0 Å². The first-order valence-electron chi connectivity index (χ1n) is 9.91. The Hall–Kier alpha value is -1.43. The van der Waals surface area contributed by atoms with E-state index in [1.54, 1.807) is 25.5 Å². The third kappa shape index (κ3) is 6.79. The summed E-state index contributed by atoms with van der Waals surface area (Å²) in [7, 11) is 5.53. The van der Waals surface area contributed by atoms with E-state index in [1.807, 2.05) is 14.0 Å². The molecular weight excluding hydrogens is 513 g/mol. The van der Waals surface area contributed by atoms with Gasteiger partial charge in [0.05, 0.1) is 25.5 Å². The summed E-state index contributed by atoms with van der Waals surface area (Å²) >= 11 is 1.63. The number of halogens is 1. The monoisotopic (exact) mass is 545 g/mol. The standard InChI is InChI=1S/C21H31N5O2S.HI/c1-16(27-4)20-24-18(15-29-20)14-25(3)21(22-2)23-13-17-5-7-19(8-6-17)26-9-11-28-12-10-26;/h5-8,15-16H,9-14H2,1-4H3,(H,22,23);1H. The molecule has 1 fully saturated rings. The van der Waals surface area contributed by atoms with Gasteiger partial charge in [0.25, 0.3) is 0 Å². The van der Waals surface area contributed by atoms with Crippen molar-refractivity contribution in [3.05, 3.63) is 45.9 Å². The van der Waals surface area contributed by atoms with E-state index < -0.39 is 0 Å². The van der Waals surface area contributed by atoms with Gasteiger partial charge in [-0.1, -0.05) is 12.1 Å². The lowest BCUT2D eigenvalue weighted by Crippen LogP contribution is -2.38. The minimum absolute atomic E-state index is 0. The fraction of sp³-hybridized carbons (Fsp3) is 0.524. The van der Waals surface area contributed by atoms with E-state index >= 15 is 0 Å². The fourth-order valence-corrected chi connectivity index (χ4v) is 4.05. The van der Waals surface area contributed by atoms with Crippen LogP contribution in [-0.2, 0) is 22.6 Å². The van der Waals surface area contributed by atoms with E-state index in [4.69, 9.17) is 9.47 Å². The predicted octanol–water partition coefficient (Wildman–Crippen LogP) is 3.51. The second kappa shape index (κ2) is 12.4. The molecule has 0 saturated carbocycles. The molecule has 0 amide bonds. The van der Waals surface area contributed by atoms with Gasteiger partial charge in [0.15, 0.2) is 5.96 Å². The van der Waals surface area contributed by atoms with E-state index in [0.29, 0.717) is 6.54 Å². The Morgan fingerprint density at radius 1 is 1.33 bits per heavy atom. The van der Waals surface area contributed by atoms with Crippen LogP contribution in [0.5, 0.6) is 0 Å². The summed E-state index contributed by atoms with van der Waals surface area (Å²) in [5.41, 5.74) is 3.50. The smallest absolute Gasteiger partial charge is 0.194 e. The molecule has 0 bridgehead atoms. The van der Waals surface area contributed by atoms with E-state index in [1.165, 1.54) is 11.3 Å². The zero-order chi connectivity index (χ0) is 20.6. The molecule has 30 heavy (non-hydrogen) atoms. The molecule has 0 aliphatic carbocycles. The highest BCUT2D eigenvalue weighted by Gasteiger charge is 2.13. The first-order chi connectivity index (χ1) is 14.1. The van der Waals surface area contributed by atoms with Crippen LogP contribution in [0.15, 0.2) is 34.6 Å². The van der Waals surface area contributed by atoms with E-state index in [-0.39, 0.29) is 30.1 Å². The second-order valence-electron chi connectivity index (χ2n) is 7.08. The summed E-state index contributed by atoms with van der Waals surface area (Å²) in [6.45, 7) is 6.95. The quantitative estimate of drug-likeness (QED) is 0.327. The highest BCUT2D eigenvalue weighted by atomic mass is 127. The van der Waals surface area contributed by atoms with Gasteiger partial charge < -0.3 is 24.6 Å². The van der Waals surface area contributed by atoms with Crippen molar-refractivity contribution in [3.8, 4) is 0 Å². The molecule has 3 rings (SSSR count). The van der Waals surface area contributed by atoms with Crippen molar-refractivity contribution in [2.75, 3.05) is 52.4 Å². The zero-order valence-electron chi connectivity index (χ0n) is 18.1. The average Bonchev–Trinajstić information content (AvgIpc) is 3.23. The number of aliphatic imine (C=N–C) groups is 1. The number of morpholine rings is 1. The molecule has 2 aromatic rings. The van der Waals surface area contributed by atoms with Crippen LogP contribution in [0.1, 0.15) is 29.3 Å². The van der Waals surface area contributed by atoms with E-state index in [2.05, 4.69) is 54.7 Å². The number of aromatic nitrogens is 1. The topological polar surface area (TPSA) is 62.2 Å². The van der Waals surface area contributed by atoms with Crippen LogP contribution in [0.25, 0.3) is 0 Å². The van der Waals surface area contributed by atoms with Gasteiger partial charge in [0.1, 0.15) is 11.1 Å². The number of hydrogen-bond acceptors (Lipinski definition) is 6. The van der Waals surface area contributed by atoms with Crippen LogP contribution in [0.2, 0.25) is 0 Å². The van der Waals surface area contributed by atoms with Crippen molar-refractivity contribution in [1.82, 2.24) is 15.2 Å². The van der Waals surface area contributed by atoms with Crippen LogP contribution >= 0.6 is 35.3 Å². The lowest BCUT2D eigenvalue weighted by atomic mass is 10.2. The number of methoxy groups -OCH3 is 1. The molecular formula is C21H32IN5O2S. The maximum atomic E-state index is 5.43. The number of nitrogens with one attached hydrogen (secondary N) is 1. The lowest BCUT2D eigenvalue weighted by molar-refractivity contribution is 0.119. The van der Waals surface area contributed by atoms with E-state index in [9.17, 15) is 0 Å². The molecule has 166 valence electrons. The molecule has 0 spiro atoms. The molecule has 1 aliphatic rings. The molecule has 1 atom stereocenters. The Morgan fingerprint density at radius 2 is 2.03 bits per heavy atom. The number of guanidine groups is 1. The predicted molar refractivity (Wildman–Crippen MR) is 134 cm³/mol. The van der Waals surface area contributed by atoms with Crippen LogP contribution in [0, 0.1) is 0 Å². The molecule has 1 aromatic heterocycles. The van der Waals surface area contributed by atoms with Crippen molar-refractivity contribution in [1.29, 1.82) is 0 Å². The third-order valence-corrected chi connectivity index (χ3v) is 6.06. The minimum atomic E-state index is 0. The van der Waals surface area contributed by atoms with Crippen molar-refractivity contribution in [3.63, 3.8) is 0 Å². The summed E-state index contributed by atoms with van der Waals surface area (Å²) < 4.78 is 10.8. The highest BCUT2D eigenvalue weighted by molar-refractivity contribution is 14.0. The molecule has 1 saturated heterocycles. The summed E-state index contributed by atoms with van der Waals surface area (Å²) in [4.78, 5) is 13.5. The van der Waals surface area contributed by atoms with Gasteiger partial charge in [-0.3, -0.25) is 4.99 Å². The van der Waals surface area contributed by atoms with Gasteiger partial charge in [-0.05, 0) is 24.6 Å². The number of nitrogens with zero attached hydrogens (tertiary/aromatic N) is 4. The van der Waals surface area contributed by atoms with Crippen LogP contribution in [0.4, 0.5) is 5.69 Å². The Bertz CT molecular complexity index is 793. The third-order valence-electron chi connectivity index (χ3n) is 5.01. The van der Waals surface area contributed by atoms with Gasteiger partial charge in [0.2, 0.25) is 0 Å². The molecule has 0 radical (unpaired) electrons. The SMILES string of the molecule is CN=C(NCc1ccc(N2CCOCC2)cc1)N(C)Cc1csc(C(C)OC)n1.I. The maximum Gasteiger partial charge on any atom is 0.194 e. The molecule has 1 unspecified atom stereocenters. The van der Waals surface area contributed by atoms with Gasteiger partial charge in [-0.25, -0.2) is 4.98 Å². The minimum Gasteiger partial charge on any atom is -0.378 e. The largest absolute Gasteiger partial charge is 0.378 e. The number of ether oxygens (including phenoxy) is 2. The number of thiazole rings is 1. The summed E-state index contributed by atoms with van der Waals surface area (Å²) in [5.74, 6) is 0.844. The Kier molecular flexibility index (Phi) is 10.3. The summed E-state index contributed by atoms with van der Waals surface area (Å²) in [6, 6.07) is 8.71. The number of benzene rings is 1. The molecule has 1 aromatic carbocycles. The Labute approximate surface area is 200 Å². The van der Waals surface area contributed by atoms with Crippen molar-refractivity contribution in [2.45, 2.75) is 26.1 Å². The van der Waals surface area contributed by atoms with Crippen LogP contribution in [0.3, 0.4) is 0 Å².